The van der Waals surface area contributed by atoms with E-state index in [0.717, 1.165) is 40.2 Å². The van der Waals surface area contributed by atoms with Gasteiger partial charge < -0.3 is 10.6 Å². The molecule has 0 heterocycles. The monoisotopic (exact) mass is 356 g/mol. The molecule has 2 amide bonds. The summed E-state index contributed by atoms with van der Waals surface area (Å²) in [6.45, 7) is 5.66. The first-order valence-corrected chi connectivity index (χ1v) is 9.43. The summed E-state index contributed by atoms with van der Waals surface area (Å²) in [4.78, 5) is 24.4. The summed E-state index contributed by atoms with van der Waals surface area (Å²) in [6.07, 6.45) is 1.78. The molecule has 0 aliphatic carbocycles. The zero-order chi connectivity index (χ0) is 18.2. The summed E-state index contributed by atoms with van der Waals surface area (Å²) < 4.78 is 0. The predicted octanol–water partition coefficient (Wildman–Crippen LogP) is 4.50. The van der Waals surface area contributed by atoms with Crippen LogP contribution in [0.25, 0.3) is 0 Å². The zero-order valence-corrected chi connectivity index (χ0v) is 15.7. The number of nitrogens with one attached hydrogen (secondary N) is 2. The van der Waals surface area contributed by atoms with Crippen LogP contribution < -0.4 is 10.6 Å². The molecule has 25 heavy (non-hydrogen) atoms. The Labute approximate surface area is 153 Å². The Hall–Kier alpha value is -2.27. The molecule has 2 rings (SSSR count). The summed E-state index contributed by atoms with van der Waals surface area (Å²) >= 11 is 1.48. The van der Waals surface area contributed by atoms with Gasteiger partial charge in [-0.1, -0.05) is 32.0 Å². The van der Waals surface area contributed by atoms with Crippen LogP contribution in [-0.4, -0.2) is 17.6 Å². The molecule has 2 aromatic carbocycles. The van der Waals surface area contributed by atoms with Crippen molar-refractivity contribution in [3.8, 4) is 0 Å². The highest BCUT2D eigenvalue weighted by Gasteiger charge is 2.10. The highest BCUT2D eigenvalue weighted by atomic mass is 32.2. The molecule has 0 radical (unpaired) electrons. The average Bonchev–Trinajstić information content (AvgIpc) is 2.60. The van der Waals surface area contributed by atoms with E-state index in [0.29, 0.717) is 5.75 Å². The van der Waals surface area contributed by atoms with Gasteiger partial charge in [0.1, 0.15) is 0 Å². The van der Waals surface area contributed by atoms with Crippen molar-refractivity contribution in [2.45, 2.75) is 38.5 Å². The Morgan fingerprint density at radius 3 is 2.04 bits per heavy atom. The van der Waals surface area contributed by atoms with Crippen LogP contribution >= 0.6 is 11.8 Å². The summed E-state index contributed by atoms with van der Waals surface area (Å²) in [5, 5.41) is 5.80. The normalized spacial score (nSPS) is 10.4. The Morgan fingerprint density at radius 1 is 0.920 bits per heavy atom. The molecule has 0 saturated heterocycles. The van der Waals surface area contributed by atoms with Gasteiger partial charge in [0, 0.05) is 23.2 Å². The van der Waals surface area contributed by atoms with Gasteiger partial charge in [-0.2, -0.15) is 0 Å². The van der Waals surface area contributed by atoms with Crippen molar-refractivity contribution in [3.05, 3.63) is 53.6 Å². The van der Waals surface area contributed by atoms with Crippen molar-refractivity contribution in [3.63, 3.8) is 0 Å². The second kappa shape index (κ2) is 9.28. The first kappa shape index (κ1) is 19.1. The Morgan fingerprint density at radius 2 is 1.52 bits per heavy atom. The van der Waals surface area contributed by atoms with Crippen LogP contribution in [-0.2, 0) is 22.4 Å². The molecule has 132 valence electrons. The van der Waals surface area contributed by atoms with Crippen molar-refractivity contribution < 1.29 is 9.59 Å². The van der Waals surface area contributed by atoms with Crippen LogP contribution in [0.4, 0.5) is 11.4 Å². The van der Waals surface area contributed by atoms with Gasteiger partial charge in [0.2, 0.25) is 11.8 Å². The fraction of sp³-hybridized carbons (Fsp3) is 0.300. The number of thioether (sulfide) groups is 1. The number of hydrogen-bond acceptors (Lipinski definition) is 3. The highest BCUT2D eigenvalue weighted by Crippen LogP contribution is 2.24. The summed E-state index contributed by atoms with van der Waals surface area (Å²) in [7, 11) is 0. The molecule has 0 aromatic heterocycles. The summed E-state index contributed by atoms with van der Waals surface area (Å²) in [5.74, 6) is 0.244. The van der Waals surface area contributed by atoms with E-state index in [4.69, 9.17) is 0 Å². The van der Waals surface area contributed by atoms with Gasteiger partial charge in [0.05, 0.1) is 5.75 Å². The first-order valence-electron chi connectivity index (χ1n) is 8.44. The van der Waals surface area contributed by atoms with E-state index in [1.54, 1.807) is 0 Å². The molecule has 0 spiro atoms. The smallest absolute Gasteiger partial charge is 0.234 e. The molecule has 0 aliphatic heterocycles. The Balaban J connectivity index is 1.96. The van der Waals surface area contributed by atoms with Crippen molar-refractivity contribution in [2.24, 2.45) is 0 Å². The minimum atomic E-state index is -0.0962. The third kappa shape index (κ3) is 5.64. The standard InChI is InChI=1S/C20H24N2O2S/c1-4-15-7-6-8-16(5-2)20(15)22-19(24)13-25-18-11-9-17(10-12-18)21-14(3)23/h6-12H,4-5,13H2,1-3H3,(H,21,23)(H,22,24). The van der Waals surface area contributed by atoms with E-state index in [9.17, 15) is 9.59 Å². The van der Waals surface area contributed by atoms with Crippen LogP contribution in [0, 0.1) is 0 Å². The molecule has 0 bridgehead atoms. The van der Waals surface area contributed by atoms with Gasteiger partial charge in [0.25, 0.3) is 0 Å². The fourth-order valence-electron chi connectivity index (χ4n) is 2.57. The lowest BCUT2D eigenvalue weighted by Gasteiger charge is -2.14. The van der Waals surface area contributed by atoms with E-state index in [1.165, 1.54) is 18.7 Å². The van der Waals surface area contributed by atoms with Crippen LogP contribution in [0.15, 0.2) is 47.4 Å². The van der Waals surface area contributed by atoms with E-state index < -0.39 is 0 Å². The van der Waals surface area contributed by atoms with Crippen LogP contribution in [0.1, 0.15) is 31.9 Å². The largest absolute Gasteiger partial charge is 0.326 e. The molecule has 2 aromatic rings. The number of benzene rings is 2. The maximum Gasteiger partial charge on any atom is 0.234 e. The van der Waals surface area contributed by atoms with Crippen LogP contribution in [0.3, 0.4) is 0 Å². The van der Waals surface area contributed by atoms with Crippen molar-refractivity contribution in [1.29, 1.82) is 0 Å². The van der Waals surface area contributed by atoms with E-state index in [1.807, 2.05) is 30.3 Å². The molecule has 4 nitrogen and oxygen atoms in total. The van der Waals surface area contributed by atoms with Gasteiger partial charge in [-0.15, -0.1) is 11.8 Å². The second-order valence-electron chi connectivity index (χ2n) is 5.70. The maximum atomic E-state index is 12.3. The minimum absolute atomic E-state index is 0.00784. The number of carbonyl (C=O) groups excluding carboxylic acids is 2. The molecule has 0 saturated carbocycles. The third-order valence-electron chi connectivity index (χ3n) is 3.81. The Bertz CT molecular complexity index is 720. The summed E-state index contributed by atoms with van der Waals surface area (Å²) in [5.41, 5.74) is 4.04. The molecule has 0 atom stereocenters. The fourth-order valence-corrected chi connectivity index (χ4v) is 3.26. The first-order chi connectivity index (χ1) is 12.0. The molecular formula is C20H24N2O2S. The van der Waals surface area contributed by atoms with Crippen molar-refractivity contribution >= 4 is 35.0 Å². The van der Waals surface area contributed by atoms with Crippen molar-refractivity contribution in [1.82, 2.24) is 0 Å². The topological polar surface area (TPSA) is 58.2 Å². The lowest BCUT2D eigenvalue weighted by atomic mass is 10.0. The van der Waals surface area contributed by atoms with Crippen LogP contribution in [0.5, 0.6) is 0 Å². The number of aryl methyl sites for hydroxylation is 2. The number of hydrogen-bond donors (Lipinski definition) is 2. The lowest BCUT2D eigenvalue weighted by Crippen LogP contribution is -2.16. The lowest BCUT2D eigenvalue weighted by molar-refractivity contribution is -0.114. The number of para-hydroxylation sites is 1. The van der Waals surface area contributed by atoms with E-state index in [2.05, 4.69) is 36.6 Å². The molecule has 0 unspecified atom stereocenters. The molecule has 2 N–H and O–H groups in total. The number of anilines is 2. The minimum Gasteiger partial charge on any atom is -0.326 e. The quantitative estimate of drug-likeness (QED) is 0.718. The molecule has 0 fully saturated rings. The van der Waals surface area contributed by atoms with Gasteiger partial charge in [-0.3, -0.25) is 9.59 Å². The average molecular weight is 356 g/mol. The van der Waals surface area contributed by atoms with Gasteiger partial charge in [-0.25, -0.2) is 0 Å². The second-order valence-corrected chi connectivity index (χ2v) is 6.75. The molecule has 5 heteroatoms. The van der Waals surface area contributed by atoms with Gasteiger partial charge >= 0.3 is 0 Å². The molecular weight excluding hydrogens is 332 g/mol. The maximum absolute atomic E-state index is 12.3. The van der Waals surface area contributed by atoms with Crippen LogP contribution in [0.2, 0.25) is 0 Å². The third-order valence-corrected chi connectivity index (χ3v) is 4.82. The van der Waals surface area contributed by atoms with Gasteiger partial charge in [0.15, 0.2) is 0 Å². The van der Waals surface area contributed by atoms with E-state index in [-0.39, 0.29) is 11.8 Å². The van der Waals surface area contributed by atoms with E-state index >= 15 is 0 Å². The highest BCUT2D eigenvalue weighted by molar-refractivity contribution is 8.00. The van der Waals surface area contributed by atoms with Gasteiger partial charge in [-0.05, 0) is 48.2 Å². The Kier molecular flexibility index (Phi) is 7.07. The predicted molar refractivity (Wildman–Crippen MR) is 105 cm³/mol. The SMILES string of the molecule is CCc1cccc(CC)c1NC(=O)CSc1ccc(NC(C)=O)cc1. The molecule has 0 aliphatic rings. The summed E-state index contributed by atoms with van der Waals surface area (Å²) in [6, 6.07) is 13.6. The van der Waals surface area contributed by atoms with Crippen molar-refractivity contribution in [2.75, 3.05) is 16.4 Å². The number of carbonyl (C=O) groups is 2. The zero-order valence-electron chi connectivity index (χ0n) is 14.9. The number of amides is 2. The number of rotatable bonds is 7.